The fourth-order valence-electron chi connectivity index (χ4n) is 3.79. The molecule has 0 bridgehead atoms. The Morgan fingerprint density at radius 3 is 0.824 bits per heavy atom. The van der Waals surface area contributed by atoms with Gasteiger partial charge in [-0.15, -0.1) is 0 Å². The summed E-state index contributed by atoms with van der Waals surface area (Å²) < 4.78 is 5.99. The van der Waals surface area contributed by atoms with E-state index in [1.165, 1.54) is 0 Å². The molecule has 0 aliphatic carbocycles. The molecule has 0 atom stereocenters. The van der Waals surface area contributed by atoms with E-state index >= 15 is 0 Å². The summed E-state index contributed by atoms with van der Waals surface area (Å²) in [4.78, 5) is 14.8. The number of hydrogen-bond donors (Lipinski definition) is 0. The van der Waals surface area contributed by atoms with E-state index in [0.717, 1.165) is 34.9 Å². The molecule has 0 spiro atoms. The van der Waals surface area contributed by atoms with Gasteiger partial charge in [0, 0.05) is 35.5 Å². The van der Waals surface area contributed by atoms with Gasteiger partial charge in [-0.3, -0.25) is 0 Å². The van der Waals surface area contributed by atoms with Crippen LogP contribution in [0.5, 0.6) is 0 Å². The van der Waals surface area contributed by atoms with Crippen molar-refractivity contribution >= 4 is 7.12 Å². The zero-order valence-electron chi connectivity index (χ0n) is 23.1. The molecule has 0 saturated heterocycles. The van der Waals surface area contributed by atoms with Crippen LogP contribution in [0.25, 0.3) is 0 Å². The smallest absolute Gasteiger partial charge is 0.267 e. The van der Waals surface area contributed by atoms with Gasteiger partial charge in [-0.1, -0.05) is 83.1 Å². The third-order valence-electron chi connectivity index (χ3n) is 5.78. The van der Waals surface area contributed by atoms with Crippen LogP contribution in [-0.4, -0.2) is 51.1 Å². The SMILES string of the molecule is CC(C)c1nc(C(C)C)n([B-](n2nc(C(C)C)nc2C(C)C)n2nc(C(C)C)nc2C(C)C)n1. The third kappa shape index (κ3) is 4.96. The van der Waals surface area contributed by atoms with Gasteiger partial charge in [0.1, 0.15) is 17.5 Å². The second-order valence-electron chi connectivity index (χ2n) is 11.1. The van der Waals surface area contributed by atoms with Gasteiger partial charge in [-0.05, 0) is 0 Å². The molecule has 1 radical (unpaired) electrons. The van der Waals surface area contributed by atoms with Gasteiger partial charge in [-0.25, -0.2) is 15.0 Å². The van der Waals surface area contributed by atoms with E-state index in [1.807, 2.05) is 13.8 Å². The van der Waals surface area contributed by atoms with Gasteiger partial charge < -0.3 is 13.8 Å². The molecule has 0 amide bonds. The van der Waals surface area contributed by atoms with E-state index in [4.69, 9.17) is 30.2 Å². The molecule has 187 valence electrons. The van der Waals surface area contributed by atoms with Crippen LogP contribution in [0.15, 0.2) is 0 Å². The minimum Gasteiger partial charge on any atom is -0.406 e. The highest BCUT2D eigenvalue weighted by Gasteiger charge is 2.27. The molecular weight excluding hydrogens is 425 g/mol. The lowest BCUT2D eigenvalue weighted by Crippen LogP contribution is -2.47. The second-order valence-corrected chi connectivity index (χ2v) is 11.1. The van der Waals surface area contributed by atoms with Crippen LogP contribution < -0.4 is 0 Å². The number of nitrogens with zero attached hydrogens (tertiary/aromatic N) is 9. The lowest BCUT2D eigenvalue weighted by atomic mass is 9.91. The first-order valence-electron chi connectivity index (χ1n) is 12.7. The number of aromatic nitrogens is 9. The standard InChI is InChI=1S/C24H42BN9/c1-13(2)19-26-22(16(7)8)32(29-19)25(33-23(17(9)10)27-20(30-33)14(3)4)34-24(18(11)12)28-21(31-34)15(5)6/h13-18H,1-12H3/q-1. The van der Waals surface area contributed by atoms with Gasteiger partial charge in [0.05, 0.1) is 17.5 Å². The van der Waals surface area contributed by atoms with Gasteiger partial charge in [0.2, 0.25) is 0 Å². The second kappa shape index (κ2) is 10.00. The summed E-state index contributed by atoms with van der Waals surface area (Å²) in [5, 5.41) is 15.1. The monoisotopic (exact) mass is 467 g/mol. The molecule has 34 heavy (non-hydrogen) atoms. The molecule has 10 heteroatoms. The summed E-state index contributed by atoms with van der Waals surface area (Å²) in [6.45, 7) is 25.6. The first kappa shape index (κ1) is 26.1. The van der Waals surface area contributed by atoms with Crippen LogP contribution in [0.1, 0.15) is 154 Å². The Hall–Kier alpha value is -2.52. The summed E-state index contributed by atoms with van der Waals surface area (Å²) in [7, 11) is -0.479. The highest BCUT2D eigenvalue weighted by atomic mass is 15.5. The molecule has 3 aromatic rings. The van der Waals surface area contributed by atoms with E-state index in [1.54, 1.807) is 0 Å². The van der Waals surface area contributed by atoms with Crippen molar-refractivity contribution in [2.45, 2.75) is 119 Å². The summed E-state index contributed by atoms with van der Waals surface area (Å²) in [6.07, 6.45) is 0. The van der Waals surface area contributed by atoms with Crippen LogP contribution in [0.2, 0.25) is 0 Å². The van der Waals surface area contributed by atoms with E-state index in [-0.39, 0.29) is 35.5 Å². The molecule has 0 aliphatic heterocycles. The summed E-state index contributed by atoms with van der Waals surface area (Å²) in [5.41, 5.74) is 0. The van der Waals surface area contributed by atoms with Crippen molar-refractivity contribution in [3.8, 4) is 0 Å². The molecule has 3 heterocycles. The maximum atomic E-state index is 5.02. The predicted molar refractivity (Wildman–Crippen MR) is 137 cm³/mol. The first-order valence-corrected chi connectivity index (χ1v) is 12.7. The maximum absolute atomic E-state index is 5.02. The van der Waals surface area contributed by atoms with Gasteiger partial charge in [0.25, 0.3) is 7.12 Å². The van der Waals surface area contributed by atoms with E-state index < -0.39 is 7.12 Å². The van der Waals surface area contributed by atoms with Crippen LogP contribution in [0.3, 0.4) is 0 Å². The molecule has 3 aromatic heterocycles. The van der Waals surface area contributed by atoms with Gasteiger partial charge in [0.15, 0.2) is 0 Å². The molecule has 9 nitrogen and oxygen atoms in total. The number of hydrogen-bond acceptors (Lipinski definition) is 6. The van der Waals surface area contributed by atoms with Crippen molar-refractivity contribution in [2.75, 3.05) is 0 Å². The van der Waals surface area contributed by atoms with Crippen LogP contribution in [0, 0.1) is 0 Å². The van der Waals surface area contributed by atoms with E-state index in [9.17, 15) is 0 Å². The Morgan fingerprint density at radius 2 is 0.647 bits per heavy atom. The Labute approximate surface area is 204 Å². The average Bonchev–Trinajstić information content (AvgIpc) is 3.45. The molecule has 0 saturated carbocycles. The Morgan fingerprint density at radius 1 is 0.412 bits per heavy atom. The van der Waals surface area contributed by atoms with E-state index in [0.29, 0.717) is 0 Å². The molecule has 3 rings (SSSR count). The summed E-state index contributed by atoms with van der Waals surface area (Å²) in [5.74, 6) is 6.31. The van der Waals surface area contributed by atoms with Crippen molar-refractivity contribution in [3.63, 3.8) is 0 Å². The maximum Gasteiger partial charge on any atom is 0.267 e. The van der Waals surface area contributed by atoms with Crippen molar-refractivity contribution < 1.29 is 0 Å². The molecule has 0 unspecified atom stereocenters. The van der Waals surface area contributed by atoms with Crippen LogP contribution in [0.4, 0.5) is 0 Å². The lowest BCUT2D eigenvalue weighted by Gasteiger charge is -2.34. The van der Waals surface area contributed by atoms with Crippen molar-refractivity contribution in [1.82, 2.24) is 44.0 Å². The topological polar surface area (TPSA) is 92.1 Å². The van der Waals surface area contributed by atoms with Crippen LogP contribution >= 0.6 is 0 Å². The minimum atomic E-state index is -0.479. The highest BCUT2D eigenvalue weighted by molar-refractivity contribution is 6.53. The average molecular weight is 467 g/mol. The Bertz CT molecular complexity index is 964. The fourth-order valence-corrected chi connectivity index (χ4v) is 3.79. The van der Waals surface area contributed by atoms with E-state index in [2.05, 4.69) is 83.1 Å². The molecule has 0 fully saturated rings. The zero-order valence-corrected chi connectivity index (χ0v) is 23.1. The first-order chi connectivity index (χ1) is 15.8. The quantitative estimate of drug-likeness (QED) is 0.405. The molecule has 0 N–H and O–H groups in total. The number of rotatable bonds is 9. The normalized spacial score (nSPS) is 12.8. The fraction of sp³-hybridized carbons (Fsp3) is 0.750. The van der Waals surface area contributed by atoms with Crippen molar-refractivity contribution in [1.29, 1.82) is 0 Å². The largest absolute Gasteiger partial charge is 0.406 e. The summed E-state index contributed by atoms with van der Waals surface area (Å²) in [6, 6.07) is 0. The zero-order chi connectivity index (χ0) is 25.5. The summed E-state index contributed by atoms with van der Waals surface area (Å²) >= 11 is 0. The van der Waals surface area contributed by atoms with Crippen molar-refractivity contribution in [3.05, 3.63) is 34.9 Å². The van der Waals surface area contributed by atoms with Crippen LogP contribution in [-0.2, 0) is 0 Å². The third-order valence-corrected chi connectivity index (χ3v) is 5.78. The molecule has 0 aliphatic rings. The molecular formula is C24H42BN9-. The van der Waals surface area contributed by atoms with Gasteiger partial charge >= 0.3 is 0 Å². The van der Waals surface area contributed by atoms with Gasteiger partial charge in [-0.2, -0.15) is 15.3 Å². The van der Waals surface area contributed by atoms with Crippen molar-refractivity contribution in [2.24, 2.45) is 0 Å². The Kier molecular flexibility index (Phi) is 7.67. The highest BCUT2D eigenvalue weighted by Crippen LogP contribution is 2.24. The molecule has 0 aromatic carbocycles. The predicted octanol–water partition coefficient (Wildman–Crippen LogP) is 5.13. The Balaban J connectivity index is 2.41. The lowest BCUT2D eigenvalue weighted by molar-refractivity contribution is 0.640. The minimum absolute atomic E-state index is 0.175.